The van der Waals surface area contributed by atoms with E-state index in [0.717, 1.165) is 25.7 Å². The summed E-state index contributed by atoms with van der Waals surface area (Å²) in [6, 6.07) is -1.20. The quantitative estimate of drug-likeness (QED) is 0.264. The number of nitrogens with zero attached hydrogens (tertiary/aromatic N) is 1. The Balaban J connectivity index is 2.12. The third kappa shape index (κ3) is 3.54. The van der Waals surface area contributed by atoms with Crippen LogP contribution in [-0.2, 0) is 38.9 Å². The van der Waals surface area contributed by atoms with Crippen molar-refractivity contribution in [3.05, 3.63) is 12.2 Å². The van der Waals surface area contributed by atoms with Gasteiger partial charge < -0.3 is 0 Å². The van der Waals surface area contributed by atoms with E-state index in [-0.39, 0.29) is 17.3 Å². The first-order valence-electron chi connectivity index (χ1n) is 7.67. The molecule has 2 rings (SSSR count). The van der Waals surface area contributed by atoms with Crippen LogP contribution in [0, 0.1) is 0 Å². The Bertz CT molecular complexity index is 479. The summed E-state index contributed by atoms with van der Waals surface area (Å²) < 4.78 is 5.81. The van der Waals surface area contributed by atoms with E-state index in [1.807, 2.05) is 6.92 Å². The zero-order valence-corrected chi connectivity index (χ0v) is 19.7. The van der Waals surface area contributed by atoms with E-state index in [2.05, 4.69) is 6.58 Å². The SMILES string of the molecule is C=C(C)C(C(=O)OC1(C)CCCCC1)N1C(=O)C(N)C1[S][Hg+]. The average molecular weight is 512 g/mol. The second kappa shape index (κ2) is 7.22. The molecule has 2 N–H and O–H groups in total. The van der Waals surface area contributed by atoms with Gasteiger partial charge in [0.2, 0.25) is 0 Å². The summed E-state index contributed by atoms with van der Waals surface area (Å²) in [7, 11) is 1.67. The van der Waals surface area contributed by atoms with E-state index < -0.39 is 17.7 Å². The number of nitrogens with two attached hydrogens (primary N) is 1. The first kappa shape index (κ1) is 18.3. The third-order valence-electron chi connectivity index (χ3n) is 4.52. The Labute approximate surface area is 150 Å². The van der Waals surface area contributed by atoms with E-state index in [1.165, 1.54) is 6.42 Å². The minimum absolute atomic E-state index is 0.107. The van der Waals surface area contributed by atoms with Crippen molar-refractivity contribution in [1.82, 2.24) is 4.90 Å². The molecule has 5 nitrogen and oxygen atoms in total. The number of rotatable bonds is 5. The molecule has 7 heteroatoms. The molecule has 1 heterocycles. The Hall–Kier alpha value is -0.0749. The van der Waals surface area contributed by atoms with E-state index in [9.17, 15) is 9.59 Å². The second-order valence-electron chi connectivity index (χ2n) is 6.51. The minimum atomic E-state index is -0.702. The van der Waals surface area contributed by atoms with Crippen LogP contribution in [0.3, 0.4) is 0 Å². The normalized spacial score (nSPS) is 28.8. The van der Waals surface area contributed by atoms with Crippen molar-refractivity contribution in [2.75, 3.05) is 0 Å². The first-order chi connectivity index (χ1) is 10.3. The molecular formula is C15H23HgN2O3S+. The number of ether oxygens (including phenoxy) is 1. The second-order valence-corrected chi connectivity index (χ2v) is 11.2. The van der Waals surface area contributed by atoms with Crippen LogP contribution in [0.25, 0.3) is 0 Å². The van der Waals surface area contributed by atoms with Crippen molar-refractivity contribution in [1.29, 1.82) is 0 Å². The zero-order chi connectivity index (χ0) is 16.5. The Morgan fingerprint density at radius 2 is 2.09 bits per heavy atom. The summed E-state index contributed by atoms with van der Waals surface area (Å²) in [5, 5.41) is -0.107. The molecule has 22 heavy (non-hydrogen) atoms. The van der Waals surface area contributed by atoms with Gasteiger partial charge in [0.05, 0.1) is 0 Å². The summed E-state index contributed by atoms with van der Waals surface area (Å²) >= 11 is 0.442. The summed E-state index contributed by atoms with van der Waals surface area (Å²) in [6.45, 7) is 7.66. The van der Waals surface area contributed by atoms with E-state index in [0.29, 0.717) is 30.2 Å². The fourth-order valence-corrected chi connectivity index (χ4v) is 8.22. The number of amides is 1. The van der Waals surface area contributed by atoms with Gasteiger partial charge in [0.15, 0.2) is 0 Å². The third-order valence-corrected chi connectivity index (χ3v) is 9.36. The molecule has 1 aliphatic carbocycles. The van der Waals surface area contributed by atoms with Gasteiger partial charge in [-0.15, -0.1) is 0 Å². The number of esters is 1. The number of hydrogen-bond donors (Lipinski definition) is 1. The Morgan fingerprint density at radius 3 is 2.59 bits per heavy atom. The number of carbonyl (C=O) groups is 2. The van der Waals surface area contributed by atoms with Crippen LogP contribution >= 0.6 is 8.24 Å². The van der Waals surface area contributed by atoms with Crippen molar-refractivity contribution >= 4 is 20.1 Å². The average Bonchev–Trinajstić information content (AvgIpc) is 2.46. The standard InChI is InChI=1S/C15H24N2O3S.Hg/c1-9(2)11(17-12(18)10(16)13(17)21)14(19)20-15(3)7-5-4-6-8-15;/h10-11,13,21H,1,4-8,16H2,2-3H3;/q;+2/p-1. The fraction of sp³-hybridized carbons (Fsp3) is 0.733. The number of likely N-dealkylation sites (tertiary alicyclic amines) is 1. The van der Waals surface area contributed by atoms with Gasteiger partial charge in [-0.05, 0) is 0 Å². The molecule has 2 fully saturated rings. The van der Waals surface area contributed by atoms with Gasteiger partial charge in [0.25, 0.3) is 0 Å². The molecule has 0 aromatic carbocycles. The van der Waals surface area contributed by atoms with Crippen LogP contribution in [0.5, 0.6) is 0 Å². The molecule has 3 unspecified atom stereocenters. The predicted molar refractivity (Wildman–Crippen MR) is 82.4 cm³/mol. The van der Waals surface area contributed by atoms with Gasteiger partial charge in [-0.3, -0.25) is 0 Å². The zero-order valence-electron chi connectivity index (χ0n) is 13.3. The number of hydrogen-bond acceptors (Lipinski definition) is 5. The molecule has 0 aromatic rings. The maximum absolute atomic E-state index is 12.7. The van der Waals surface area contributed by atoms with Gasteiger partial charge in [-0.25, -0.2) is 0 Å². The van der Waals surface area contributed by atoms with Crippen molar-refractivity contribution < 1.29 is 38.9 Å². The molecule has 1 aliphatic heterocycles. The van der Waals surface area contributed by atoms with Crippen LogP contribution < -0.4 is 5.73 Å². The summed E-state index contributed by atoms with van der Waals surface area (Å²) in [4.78, 5) is 26.4. The molecule has 2 aliphatic rings. The van der Waals surface area contributed by atoms with E-state index in [4.69, 9.17) is 10.5 Å². The molecule has 1 amide bonds. The van der Waals surface area contributed by atoms with Crippen molar-refractivity contribution in [2.45, 2.75) is 69.0 Å². The maximum atomic E-state index is 12.7. The molecule has 0 spiro atoms. The summed E-state index contributed by atoms with van der Waals surface area (Å²) in [6.07, 6.45) is 5.12. The first-order valence-corrected chi connectivity index (χ1v) is 15.5. The van der Waals surface area contributed by atoms with E-state index in [1.54, 1.807) is 20.1 Å². The predicted octanol–water partition coefficient (Wildman–Crippen LogP) is 1.89. The molecular weight excluding hydrogens is 489 g/mol. The molecule has 118 valence electrons. The van der Waals surface area contributed by atoms with Gasteiger partial charge >= 0.3 is 151 Å². The summed E-state index contributed by atoms with van der Waals surface area (Å²) in [5.74, 6) is -0.536. The van der Waals surface area contributed by atoms with Crippen LogP contribution in [0.15, 0.2) is 12.2 Å². The van der Waals surface area contributed by atoms with Crippen LogP contribution in [0.4, 0.5) is 0 Å². The van der Waals surface area contributed by atoms with Crippen molar-refractivity contribution in [3.63, 3.8) is 0 Å². The van der Waals surface area contributed by atoms with E-state index >= 15 is 0 Å². The molecule has 0 aromatic heterocycles. The molecule has 0 bridgehead atoms. The number of carbonyl (C=O) groups excluding carboxylic acids is 2. The van der Waals surface area contributed by atoms with Crippen molar-refractivity contribution in [2.24, 2.45) is 5.73 Å². The number of β-lactam (4-membered cyclic amide) rings is 1. The van der Waals surface area contributed by atoms with Crippen LogP contribution in [0.2, 0.25) is 0 Å². The topological polar surface area (TPSA) is 72.6 Å². The van der Waals surface area contributed by atoms with Gasteiger partial charge in [-0.2, -0.15) is 0 Å². The molecule has 1 saturated carbocycles. The van der Waals surface area contributed by atoms with Gasteiger partial charge in [0.1, 0.15) is 0 Å². The van der Waals surface area contributed by atoms with Crippen LogP contribution in [0.1, 0.15) is 46.0 Å². The van der Waals surface area contributed by atoms with Gasteiger partial charge in [-0.1, -0.05) is 0 Å². The molecule has 3 atom stereocenters. The van der Waals surface area contributed by atoms with Gasteiger partial charge in [0, 0.05) is 0 Å². The fourth-order valence-electron chi connectivity index (χ4n) is 3.22. The molecule has 0 radical (unpaired) electrons. The van der Waals surface area contributed by atoms with Crippen LogP contribution in [-0.4, -0.2) is 39.8 Å². The monoisotopic (exact) mass is 513 g/mol. The Morgan fingerprint density at radius 1 is 1.50 bits per heavy atom. The Kier molecular flexibility index (Phi) is 5.99. The molecule has 1 saturated heterocycles. The summed E-state index contributed by atoms with van der Waals surface area (Å²) in [5.41, 5.74) is 6.08. The van der Waals surface area contributed by atoms with Crippen molar-refractivity contribution in [3.8, 4) is 0 Å².